The average molecular weight is 261 g/mol. The number of aromatic nitrogens is 2. The van der Waals surface area contributed by atoms with Crippen LogP contribution < -0.4 is 4.74 Å². The van der Waals surface area contributed by atoms with Crippen molar-refractivity contribution in [2.45, 2.75) is 20.4 Å². The van der Waals surface area contributed by atoms with Crippen LogP contribution in [-0.4, -0.2) is 35.3 Å². The third kappa shape index (κ3) is 3.32. The largest absolute Gasteiger partial charge is 0.497 e. The molecule has 0 aliphatic heterocycles. The standard InChI is InChI=1S/C14H19N3O2/c1-4-17(5-2)10-13-15-16-14(19-13)11-6-8-12(18-3)9-7-11/h6-9H,4-5,10H2,1-3H3. The van der Waals surface area contributed by atoms with Crippen LogP contribution in [0.2, 0.25) is 0 Å². The predicted molar refractivity (Wildman–Crippen MR) is 72.9 cm³/mol. The van der Waals surface area contributed by atoms with E-state index in [9.17, 15) is 0 Å². The normalized spacial score (nSPS) is 10.9. The van der Waals surface area contributed by atoms with E-state index in [2.05, 4.69) is 28.9 Å². The van der Waals surface area contributed by atoms with Crippen LogP contribution in [0.3, 0.4) is 0 Å². The van der Waals surface area contributed by atoms with Crippen LogP contribution in [0.1, 0.15) is 19.7 Å². The summed E-state index contributed by atoms with van der Waals surface area (Å²) in [6.07, 6.45) is 0. The van der Waals surface area contributed by atoms with Crippen molar-refractivity contribution in [1.29, 1.82) is 0 Å². The number of benzene rings is 1. The van der Waals surface area contributed by atoms with E-state index in [0.717, 1.165) is 24.4 Å². The van der Waals surface area contributed by atoms with Crippen molar-refractivity contribution in [3.05, 3.63) is 30.2 Å². The van der Waals surface area contributed by atoms with E-state index in [1.165, 1.54) is 0 Å². The van der Waals surface area contributed by atoms with Gasteiger partial charge in [0.2, 0.25) is 11.8 Å². The summed E-state index contributed by atoms with van der Waals surface area (Å²) >= 11 is 0. The highest BCUT2D eigenvalue weighted by atomic mass is 16.5. The predicted octanol–water partition coefficient (Wildman–Crippen LogP) is 2.59. The fraction of sp³-hybridized carbons (Fsp3) is 0.429. The fourth-order valence-corrected chi connectivity index (χ4v) is 1.81. The Kier molecular flexibility index (Phi) is 4.52. The molecule has 0 atom stereocenters. The van der Waals surface area contributed by atoms with Crippen molar-refractivity contribution >= 4 is 0 Å². The molecule has 0 aliphatic carbocycles. The average Bonchev–Trinajstić information content (AvgIpc) is 2.93. The molecule has 0 fully saturated rings. The first-order valence-corrected chi connectivity index (χ1v) is 6.46. The molecule has 102 valence electrons. The topological polar surface area (TPSA) is 51.4 Å². The second-order valence-electron chi connectivity index (χ2n) is 4.19. The summed E-state index contributed by atoms with van der Waals surface area (Å²) in [7, 11) is 1.64. The molecule has 0 radical (unpaired) electrons. The van der Waals surface area contributed by atoms with E-state index in [1.54, 1.807) is 7.11 Å². The minimum absolute atomic E-state index is 0.546. The van der Waals surface area contributed by atoms with Gasteiger partial charge in [0.1, 0.15) is 5.75 Å². The molecular weight excluding hydrogens is 242 g/mol. The second-order valence-corrected chi connectivity index (χ2v) is 4.19. The molecule has 0 spiro atoms. The van der Waals surface area contributed by atoms with E-state index in [4.69, 9.17) is 9.15 Å². The monoisotopic (exact) mass is 261 g/mol. The van der Waals surface area contributed by atoms with Crippen LogP contribution >= 0.6 is 0 Å². The van der Waals surface area contributed by atoms with E-state index >= 15 is 0 Å². The summed E-state index contributed by atoms with van der Waals surface area (Å²) in [5.41, 5.74) is 0.902. The highest BCUT2D eigenvalue weighted by Gasteiger charge is 2.10. The molecule has 0 saturated carbocycles. The smallest absolute Gasteiger partial charge is 0.247 e. The summed E-state index contributed by atoms with van der Waals surface area (Å²) in [5, 5.41) is 8.16. The Labute approximate surface area is 113 Å². The molecule has 2 aromatic rings. The second kappa shape index (κ2) is 6.33. The molecule has 2 rings (SSSR count). The Bertz CT molecular complexity index is 504. The number of rotatable bonds is 6. The van der Waals surface area contributed by atoms with Gasteiger partial charge in [-0.25, -0.2) is 0 Å². The zero-order valence-electron chi connectivity index (χ0n) is 11.6. The zero-order chi connectivity index (χ0) is 13.7. The molecule has 19 heavy (non-hydrogen) atoms. The van der Waals surface area contributed by atoms with Crippen LogP contribution in [0.4, 0.5) is 0 Å². The molecule has 0 unspecified atom stereocenters. The minimum Gasteiger partial charge on any atom is -0.497 e. The molecule has 0 N–H and O–H groups in total. The van der Waals surface area contributed by atoms with Crippen molar-refractivity contribution in [2.75, 3.05) is 20.2 Å². The Morgan fingerprint density at radius 1 is 1.11 bits per heavy atom. The molecule has 0 saturated heterocycles. The van der Waals surface area contributed by atoms with E-state index in [0.29, 0.717) is 18.3 Å². The van der Waals surface area contributed by atoms with E-state index in [1.807, 2.05) is 24.3 Å². The number of nitrogens with zero attached hydrogens (tertiary/aromatic N) is 3. The van der Waals surface area contributed by atoms with Gasteiger partial charge in [0, 0.05) is 5.56 Å². The van der Waals surface area contributed by atoms with Gasteiger partial charge in [-0.2, -0.15) is 0 Å². The van der Waals surface area contributed by atoms with Crippen molar-refractivity contribution < 1.29 is 9.15 Å². The van der Waals surface area contributed by atoms with Gasteiger partial charge in [0.15, 0.2) is 0 Å². The minimum atomic E-state index is 0.546. The van der Waals surface area contributed by atoms with Gasteiger partial charge in [0.05, 0.1) is 13.7 Å². The quantitative estimate of drug-likeness (QED) is 0.800. The molecule has 0 bridgehead atoms. The summed E-state index contributed by atoms with van der Waals surface area (Å²) in [6.45, 7) is 6.86. The third-order valence-corrected chi connectivity index (χ3v) is 3.06. The number of methoxy groups -OCH3 is 1. The first-order chi connectivity index (χ1) is 9.26. The van der Waals surface area contributed by atoms with Crippen LogP contribution in [0, 0.1) is 0 Å². The third-order valence-electron chi connectivity index (χ3n) is 3.06. The summed E-state index contributed by atoms with van der Waals surface area (Å²) < 4.78 is 10.8. The Morgan fingerprint density at radius 2 is 1.79 bits per heavy atom. The van der Waals surface area contributed by atoms with E-state index < -0.39 is 0 Å². The highest BCUT2D eigenvalue weighted by molar-refractivity contribution is 5.53. The first-order valence-electron chi connectivity index (χ1n) is 6.46. The fourth-order valence-electron chi connectivity index (χ4n) is 1.81. The number of hydrogen-bond acceptors (Lipinski definition) is 5. The summed E-state index contributed by atoms with van der Waals surface area (Å²) in [5.74, 6) is 2.01. The lowest BCUT2D eigenvalue weighted by molar-refractivity contribution is 0.264. The van der Waals surface area contributed by atoms with Gasteiger partial charge >= 0.3 is 0 Å². The molecule has 5 heteroatoms. The molecule has 0 amide bonds. The van der Waals surface area contributed by atoms with E-state index in [-0.39, 0.29) is 0 Å². The maximum absolute atomic E-state index is 5.67. The lowest BCUT2D eigenvalue weighted by Gasteiger charge is -2.14. The summed E-state index contributed by atoms with van der Waals surface area (Å²) in [4.78, 5) is 2.23. The zero-order valence-corrected chi connectivity index (χ0v) is 11.6. The molecule has 1 aromatic carbocycles. The molecule has 0 aliphatic rings. The van der Waals surface area contributed by atoms with Crippen LogP contribution in [0.5, 0.6) is 5.75 Å². The van der Waals surface area contributed by atoms with Gasteiger partial charge < -0.3 is 9.15 Å². The van der Waals surface area contributed by atoms with Gasteiger partial charge in [-0.15, -0.1) is 10.2 Å². The van der Waals surface area contributed by atoms with Crippen molar-refractivity contribution in [3.63, 3.8) is 0 Å². The van der Waals surface area contributed by atoms with Gasteiger partial charge in [-0.05, 0) is 37.4 Å². The van der Waals surface area contributed by atoms with Gasteiger partial charge in [-0.1, -0.05) is 13.8 Å². The molecule has 1 aromatic heterocycles. The maximum atomic E-state index is 5.67. The first kappa shape index (κ1) is 13.5. The number of ether oxygens (including phenoxy) is 1. The van der Waals surface area contributed by atoms with Gasteiger partial charge in [-0.3, -0.25) is 4.90 Å². The number of hydrogen-bond donors (Lipinski definition) is 0. The summed E-state index contributed by atoms with van der Waals surface area (Å²) in [6, 6.07) is 7.58. The van der Waals surface area contributed by atoms with Crippen molar-refractivity contribution in [1.82, 2.24) is 15.1 Å². The molecular formula is C14H19N3O2. The lowest BCUT2D eigenvalue weighted by Crippen LogP contribution is -2.22. The van der Waals surface area contributed by atoms with Gasteiger partial charge in [0.25, 0.3) is 0 Å². The molecule has 5 nitrogen and oxygen atoms in total. The van der Waals surface area contributed by atoms with Crippen LogP contribution in [-0.2, 0) is 6.54 Å². The van der Waals surface area contributed by atoms with Crippen LogP contribution in [0.25, 0.3) is 11.5 Å². The Morgan fingerprint density at radius 3 is 2.37 bits per heavy atom. The SMILES string of the molecule is CCN(CC)Cc1nnc(-c2ccc(OC)cc2)o1. The van der Waals surface area contributed by atoms with Crippen LogP contribution in [0.15, 0.2) is 28.7 Å². The van der Waals surface area contributed by atoms with Crippen molar-refractivity contribution in [2.24, 2.45) is 0 Å². The Hall–Kier alpha value is -1.88. The Balaban J connectivity index is 2.11. The lowest BCUT2D eigenvalue weighted by atomic mass is 10.2. The highest BCUT2D eigenvalue weighted by Crippen LogP contribution is 2.21. The molecule has 1 heterocycles. The van der Waals surface area contributed by atoms with Crippen molar-refractivity contribution in [3.8, 4) is 17.2 Å². The maximum Gasteiger partial charge on any atom is 0.247 e.